The number of aromatic nitrogens is 1. The number of pyridine rings is 1. The molecule has 0 spiro atoms. The fourth-order valence-corrected chi connectivity index (χ4v) is 7.75. The van der Waals surface area contributed by atoms with Gasteiger partial charge in [-0.15, -0.1) is 0 Å². The summed E-state index contributed by atoms with van der Waals surface area (Å²) in [5.41, 5.74) is 1.87. The number of carbonyl (C=O) groups is 3. The number of urea groups is 1. The van der Waals surface area contributed by atoms with Crippen molar-refractivity contribution in [2.75, 3.05) is 31.6 Å². The van der Waals surface area contributed by atoms with Crippen LogP contribution in [0.4, 0.5) is 10.6 Å². The molecule has 13 nitrogen and oxygen atoms in total. The van der Waals surface area contributed by atoms with Crippen molar-refractivity contribution in [1.82, 2.24) is 25.2 Å². The molecule has 1 aromatic carbocycles. The zero-order chi connectivity index (χ0) is 32.6. The van der Waals surface area contributed by atoms with Crippen molar-refractivity contribution < 1.29 is 32.6 Å². The monoisotopic (exact) mass is 644 g/mol. The predicted octanol–water partition coefficient (Wildman–Crippen LogP) is 2.47. The van der Waals surface area contributed by atoms with Gasteiger partial charge in [0.1, 0.15) is 18.5 Å². The average molecular weight is 645 g/mol. The summed E-state index contributed by atoms with van der Waals surface area (Å²) in [5.74, 6) is -1.34. The van der Waals surface area contributed by atoms with Gasteiger partial charge in [-0.1, -0.05) is 43.0 Å². The number of sulfonamides is 1. The van der Waals surface area contributed by atoms with Crippen LogP contribution in [0.5, 0.6) is 0 Å². The normalized spacial score (nSPS) is 19.6. The Hall–Kier alpha value is -3.75. The summed E-state index contributed by atoms with van der Waals surface area (Å²) in [6.45, 7) is 5.01. The zero-order valence-corrected chi connectivity index (χ0v) is 26.9. The number of carbonyl (C=O) groups excluding carboxylic acids is 2. The number of rotatable bonds is 13. The number of carboxylic acids is 1. The zero-order valence-electron chi connectivity index (χ0n) is 26.0. The van der Waals surface area contributed by atoms with E-state index in [1.165, 1.54) is 6.42 Å². The van der Waals surface area contributed by atoms with Crippen LogP contribution in [0, 0.1) is 20.8 Å². The van der Waals surface area contributed by atoms with Gasteiger partial charge < -0.3 is 30.7 Å². The Bertz CT molecular complexity index is 1430. The molecule has 246 valence electrons. The lowest BCUT2D eigenvalue weighted by Crippen LogP contribution is -2.49. The molecule has 2 fully saturated rings. The standard InChI is InChI=1S/C31H44N6O7S/c1-20-13-21(2)29(22(3)14-20)45(42,43)36-26(30(39)40)17-34-28(38)19-44-25-15-24(16-33-27-11-7-8-12-32-27)37(18-25)31(41)35-23-9-5-4-6-10-23/h7-8,11-14,23-26,36H,4-6,9-10,15-19H2,1-3H3,(H,32,33)(H,34,38)(H,35,41)(H,39,40)/t24-,25+,26-/m0/s1. The molecule has 1 saturated carbocycles. The second-order valence-corrected chi connectivity index (χ2v) is 13.6. The van der Waals surface area contributed by atoms with Crippen molar-refractivity contribution in [3.63, 3.8) is 0 Å². The smallest absolute Gasteiger partial charge is 0.323 e. The maximum atomic E-state index is 13.3. The first-order valence-electron chi connectivity index (χ1n) is 15.4. The number of aliphatic carboxylic acids is 1. The van der Waals surface area contributed by atoms with Gasteiger partial charge in [0.2, 0.25) is 15.9 Å². The molecule has 0 radical (unpaired) electrons. The van der Waals surface area contributed by atoms with E-state index in [1.807, 2.05) is 25.1 Å². The SMILES string of the molecule is Cc1cc(C)c(S(=O)(=O)N[C@@H](CNC(=O)CO[C@@H]2C[C@@H](CNc3ccccn3)N(C(=O)NC3CCCCC3)C2)C(=O)O)c(C)c1. The summed E-state index contributed by atoms with van der Waals surface area (Å²) >= 11 is 0. The molecule has 4 rings (SSSR count). The summed E-state index contributed by atoms with van der Waals surface area (Å²) in [4.78, 5) is 43.8. The lowest BCUT2D eigenvalue weighted by molar-refractivity contribution is -0.139. The van der Waals surface area contributed by atoms with Crippen LogP contribution in [0.2, 0.25) is 0 Å². The van der Waals surface area contributed by atoms with Crippen molar-refractivity contribution in [3.05, 3.63) is 53.2 Å². The first kappa shape index (κ1) is 34.1. The van der Waals surface area contributed by atoms with Crippen molar-refractivity contribution in [3.8, 4) is 0 Å². The molecular formula is C31H44N6O7S. The number of ether oxygens (including phenoxy) is 1. The fourth-order valence-electron chi connectivity index (χ4n) is 6.11. The third-order valence-corrected chi connectivity index (χ3v) is 9.95. The molecule has 3 atom stereocenters. The minimum absolute atomic E-state index is 0.0133. The van der Waals surface area contributed by atoms with Crippen LogP contribution in [0.15, 0.2) is 41.4 Å². The highest BCUT2D eigenvalue weighted by molar-refractivity contribution is 7.89. The van der Waals surface area contributed by atoms with E-state index in [9.17, 15) is 27.9 Å². The van der Waals surface area contributed by atoms with E-state index in [1.54, 1.807) is 37.1 Å². The highest BCUT2D eigenvalue weighted by Gasteiger charge is 2.37. The van der Waals surface area contributed by atoms with Gasteiger partial charge in [0.25, 0.3) is 0 Å². The lowest BCUT2D eigenvalue weighted by atomic mass is 9.96. The van der Waals surface area contributed by atoms with E-state index in [2.05, 4.69) is 25.7 Å². The van der Waals surface area contributed by atoms with Gasteiger partial charge in [-0.2, -0.15) is 4.72 Å². The van der Waals surface area contributed by atoms with Gasteiger partial charge in [0.05, 0.1) is 17.0 Å². The number of anilines is 1. The third-order valence-electron chi connectivity index (χ3n) is 8.18. The summed E-state index contributed by atoms with van der Waals surface area (Å²) in [5, 5.41) is 18.6. The molecule has 1 aliphatic heterocycles. The average Bonchev–Trinajstić information content (AvgIpc) is 3.40. The van der Waals surface area contributed by atoms with Crippen LogP contribution in [0.3, 0.4) is 0 Å². The molecule has 14 heteroatoms. The first-order chi connectivity index (χ1) is 21.4. The van der Waals surface area contributed by atoms with Crippen LogP contribution < -0.4 is 20.7 Å². The topological polar surface area (TPSA) is 179 Å². The maximum Gasteiger partial charge on any atom is 0.323 e. The fraction of sp³-hybridized carbons (Fsp3) is 0.548. The number of benzene rings is 1. The molecule has 2 aromatic rings. The van der Waals surface area contributed by atoms with Crippen LogP contribution >= 0.6 is 0 Å². The van der Waals surface area contributed by atoms with Gasteiger partial charge in [-0.3, -0.25) is 9.59 Å². The first-order valence-corrected chi connectivity index (χ1v) is 16.8. The summed E-state index contributed by atoms with van der Waals surface area (Å²) in [6, 6.07) is 7.12. The molecule has 0 bridgehead atoms. The predicted molar refractivity (Wildman–Crippen MR) is 168 cm³/mol. The van der Waals surface area contributed by atoms with Crippen LogP contribution in [0.1, 0.15) is 55.2 Å². The molecule has 2 heterocycles. The number of hydrogen-bond donors (Lipinski definition) is 5. The molecule has 0 unspecified atom stereocenters. The number of hydrogen-bond acceptors (Lipinski definition) is 8. The number of nitrogens with one attached hydrogen (secondary N) is 4. The summed E-state index contributed by atoms with van der Waals surface area (Å²) in [7, 11) is -4.18. The Kier molecular flexibility index (Phi) is 11.8. The highest BCUT2D eigenvalue weighted by atomic mass is 32.2. The Labute approximate surface area is 264 Å². The summed E-state index contributed by atoms with van der Waals surface area (Å²) < 4.78 is 34.2. The largest absolute Gasteiger partial charge is 0.480 e. The highest BCUT2D eigenvalue weighted by Crippen LogP contribution is 2.24. The van der Waals surface area contributed by atoms with Crippen molar-refractivity contribution in [2.45, 2.75) is 88.4 Å². The van der Waals surface area contributed by atoms with E-state index >= 15 is 0 Å². The minimum Gasteiger partial charge on any atom is -0.480 e. The number of amides is 3. The number of likely N-dealkylation sites (tertiary alicyclic amines) is 1. The molecule has 45 heavy (non-hydrogen) atoms. The second-order valence-electron chi connectivity index (χ2n) is 11.9. The van der Waals surface area contributed by atoms with Gasteiger partial charge in [-0.25, -0.2) is 18.2 Å². The van der Waals surface area contributed by atoms with Crippen molar-refractivity contribution in [1.29, 1.82) is 0 Å². The molecule has 1 aromatic heterocycles. The van der Waals surface area contributed by atoms with Crippen molar-refractivity contribution >= 4 is 33.7 Å². The van der Waals surface area contributed by atoms with Gasteiger partial charge >= 0.3 is 12.0 Å². The number of nitrogens with zero attached hydrogens (tertiary/aromatic N) is 2. The number of carboxylic acid groups (broad SMARTS) is 1. The molecule has 3 amide bonds. The van der Waals surface area contributed by atoms with Gasteiger partial charge in [0, 0.05) is 31.9 Å². The molecule has 1 aliphatic carbocycles. The lowest BCUT2D eigenvalue weighted by Gasteiger charge is -2.29. The Morgan fingerprint density at radius 2 is 1.80 bits per heavy atom. The Morgan fingerprint density at radius 3 is 2.44 bits per heavy atom. The van der Waals surface area contributed by atoms with E-state index in [-0.39, 0.29) is 36.2 Å². The van der Waals surface area contributed by atoms with E-state index in [4.69, 9.17) is 4.74 Å². The van der Waals surface area contributed by atoms with Crippen LogP contribution in [0.25, 0.3) is 0 Å². The second kappa shape index (κ2) is 15.5. The minimum atomic E-state index is -4.18. The Morgan fingerprint density at radius 1 is 1.09 bits per heavy atom. The van der Waals surface area contributed by atoms with Gasteiger partial charge in [-0.05, 0) is 63.3 Å². The number of aryl methyl sites for hydroxylation is 3. The van der Waals surface area contributed by atoms with Gasteiger partial charge in [0.15, 0.2) is 0 Å². The third kappa shape index (κ3) is 9.62. The molecular weight excluding hydrogens is 600 g/mol. The molecule has 1 saturated heterocycles. The molecule has 5 N–H and O–H groups in total. The van der Waals surface area contributed by atoms with Crippen LogP contribution in [-0.4, -0.2) is 91.8 Å². The Balaban J connectivity index is 1.32. The summed E-state index contributed by atoms with van der Waals surface area (Å²) in [6.07, 6.45) is 7.00. The van der Waals surface area contributed by atoms with E-state index < -0.39 is 40.6 Å². The van der Waals surface area contributed by atoms with Crippen LogP contribution in [-0.2, 0) is 24.3 Å². The quantitative estimate of drug-likeness (QED) is 0.219. The van der Waals surface area contributed by atoms with Crippen molar-refractivity contribution in [2.24, 2.45) is 0 Å². The van der Waals surface area contributed by atoms with E-state index in [0.29, 0.717) is 29.9 Å². The van der Waals surface area contributed by atoms with E-state index in [0.717, 1.165) is 31.2 Å². The molecule has 2 aliphatic rings. The maximum absolute atomic E-state index is 13.3.